The molecule has 0 aliphatic carbocycles. The van der Waals surface area contributed by atoms with E-state index in [4.69, 9.17) is 5.11 Å². The minimum Gasteiger partial charge on any atom is -0.480 e. The maximum Gasteiger partial charge on any atom is 0.326 e. The minimum absolute atomic E-state index is 0.215. The first-order valence-corrected chi connectivity index (χ1v) is 6.73. The van der Waals surface area contributed by atoms with E-state index in [1.54, 1.807) is 25.3 Å². The van der Waals surface area contributed by atoms with Crippen molar-refractivity contribution in [3.63, 3.8) is 0 Å². The SMILES string of the molecule is CC(C)[C@H](NC(=O)c1sccc1-n1cnnn1)C(=O)O. The summed E-state index contributed by atoms with van der Waals surface area (Å²) in [6, 6.07) is 0.757. The maximum absolute atomic E-state index is 12.2. The zero-order chi connectivity index (χ0) is 14.7. The van der Waals surface area contributed by atoms with Crippen LogP contribution in [-0.2, 0) is 4.79 Å². The molecule has 8 nitrogen and oxygen atoms in total. The molecule has 0 aromatic carbocycles. The number of carbonyl (C=O) groups is 2. The Balaban J connectivity index is 2.22. The van der Waals surface area contributed by atoms with E-state index in [1.807, 2.05) is 0 Å². The molecule has 0 aliphatic heterocycles. The van der Waals surface area contributed by atoms with Crippen LogP contribution >= 0.6 is 11.3 Å². The molecule has 0 radical (unpaired) electrons. The van der Waals surface area contributed by atoms with Gasteiger partial charge in [0.1, 0.15) is 17.2 Å². The van der Waals surface area contributed by atoms with Crippen molar-refractivity contribution < 1.29 is 14.7 Å². The molecule has 2 N–H and O–H groups in total. The van der Waals surface area contributed by atoms with E-state index in [2.05, 4.69) is 20.8 Å². The number of thiophene rings is 1. The third-order valence-electron chi connectivity index (χ3n) is 2.67. The Bertz CT molecular complexity index is 607. The highest BCUT2D eigenvalue weighted by molar-refractivity contribution is 7.12. The van der Waals surface area contributed by atoms with E-state index in [0.717, 1.165) is 0 Å². The Labute approximate surface area is 118 Å². The molecular formula is C11H13N5O3S. The molecule has 2 rings (SSSR count). The van der Waals surface area contributed by atoms with Gasteiger partial charge in [-0.15, -0.1) is 16.4 Å². The maximum atomic E-state index is 12.2. The van der Waals surface area contributed by atoms with Gasteiger partial charge in [-0.25, -0.2) is 4.79 Å². The van der Waals surface area contributed by atoms with Gasteiger partial charge >= 0.3 is 5.97 Å². The Morgan fingerprint density at radius 2 is 2.20 bits per heavy atom. The summed E-state index contributed by atoms with van der Waals surface area (Å²) in [6.07, 6.45) is 1.37. The van der Waals surface area contributed by atoms with Gasteiger partial charge in [-0.2, -0.15) is 4.68 Å². The van der Waals surface area contributed by atoms with Crippen LogP contribution in [0.15, 0.2) is 17.8 Å². The molecule has 9 heteroatoms. The van der Waals surface area contributed by atoms with E-state index in [0.29, 0.717) is 10.6 Å². The number of hydrogen-bond donors (Lipinski definition) is 2. The fourth-order valence-electron chi connectivity index (χ4n) is 1.64. The molecule has 20 heavy (non-hydrogen) atoms. The monoisotopic (exact) mass is 295 g/mol. The second-order valence-electron chi connectivity index (χ2n) is 4.42. The first-order chi connectivity index (χ1) is 9.50. The van der Waals surface area contributed by atoms with Crippen molar-refractivity contribution in [3.8, 4) is 5.69 Å². The lowest BCUT2D eigenvalue weighted by Crippen LogP contribution is -2.44. The molecule has 0 saturated carbocycles. The summed E-state index contributed by atoms with van der Waals surface area (Å²) in [5.41, 5.74) is 0.519. The zero-order valence-corrected chi connectivity index (χ0v) is 11.7. The summed E-state index contributed by atoms with van der Waals surface area (Å²) in [5.74, 6) is -1.73. The summed E-state index contributed by atoms with van der Waals surface area (Å²) in [5, 5.41) is 24.1. The van der Waals surface area contributed by atoms with Gasteiger partial charge in [-0.1, -0.05) is 13.8 Å². The summed E-state index contributed by atoms with van der Waals surface area (Å²) in [6.45, 7) is 3.46. The van der Waals surface area contributed by atoms with Gasteiger partial charge < -0.3 is 10.4 Å². The zero-order valence-electron chi connectivity index (χ0n) is 10.8. The van der Waals surface area contributed by atoms with Crippen LogP contribution in [0.5, 0.6) is 0 Å². The van der Waals surface area contributed by atoms with Crippen LogP contribution in [0.4, 0.5) is 0 Å². The predicted octanol–water partition coefficient (Wildman–Crippen LogP) is 0.563. The Morgan fingerprint density at radius 3 is 2.75 bits per heavy atom. The fraction of sp³-hybridized carbons (Fsp3) is 0.364. The van der Waals surface area contributed by atoms with Crippen LogP contribution in [0.1, 0.15) is 23.5 Å². The number of carboxylic acids is 1. The lowest BCUT2D eigenvalue weighted by molar-refractivity contribution is -0.140. The molecule has 0 unspecified atom stereocenters. The van der Waals surface area contributed by atoms with Crippen molar-refractivity contribution in [2.75, 3.05) is 0 Å². The molecule has 2 heterocycles. The number of rotatable bonds is 5. The third kappa shape index (κ3) is 2.82. The number of amides is 1. The van der Waals surface area contributed by atoms with E-state index in [-0.39, 0.29) is 5.92 Å². The molecule has 0 fully saturated rings. The largest absolute Gasteiger partial charge is 0.480 e. The van der Waals surface area contributed by atoms with Crippen molar-refractivity contribution >= 4 is 23.2 Å². The first-order valence-electron chi connectivity index (χ1n) is 5.85. The molecule has 1 amide bonds. The normalized spacial score (nSPS) is 12.3. The van der Waals surface area contributed by atoms with Crippen molar-refractivity contribution in [2.45, 2.75) is 19.9 Å². The highest BCUT2D eigenvalue weighted by Gasteiger charge is 2.26. The number of carbonyl (C=O) groups excluding carboxylic acids is 1. The second-order valence-corrected chi connectivity index (χ2v) is 5.34. The Kier molecular flexibility index (Phi) is 4.08. The molecule has 1 atom stereocenters. The number of tetrazole rings is 1. The molecule has 0 saturated heterocycles. The van der Waals surface area contributed by atoms with Gasteiger partial charge in [0.15, 0.2) is 0 Å². The highest BCUT2D eigenvalue weighted by Crippen LogP contribution is 2.20. The minimum atomic E-state index is -1.06. The van der Waals surface area contributed by atoms with E-state index < -0.39 is 17.9 Å². The number of hydrogen-bond acceptors (Lipinski definition) is 6. The molecule has 2 aromatic rings. The Morgan fingerprint density at radius 1 is 1.45 bits per heavy atom. The molecule has 2 aromatic heterocycles. The molecule has 0 aliphatic rings. The average molecular weight is 295 g/mol. The van der Waals surface area contributed by atoms with Crippen LogP contribution in [0.2, 0.25) is 0 Å². The predicted molar refractivity (Wildman–Crippen MR) is 70.8 cm³/mol. The van der Waals surface area contributed by atoms with Crippen LogP contribution in [0.25, 0.3) is 5.69 Å². The second kappa shape index (κ2) is 5.78. The number of aromatic nitrogens is 4. The van der Waals surface area contributed by atoms with Gasteiger partial charge in [-0.05, 0) is 27.8 Å². The molecule has 0 spiro atoms. The van der Waals surface area contributed by atoms with Crippen LogP contribution in [0, 0.1) is 5.92 Å². The molecule has 106 valence electrons. The van der Waals surface area contributed by atoms with Crippen LogP contribution in [-0.4, -0.2) is 43.2 Å². The summed E-state index contributed by atoms with van der Waals surface area (Å²) in [7, 11) is 0. The quantitative estimate of drug-likeness (QED) is 0.834. The van der Waals surface area contributed by atoms with E-state index in [1.165, 1.54) is 22.3 Å². The van der Waals surface area contributed by atoms with E-state index >= 15 is 0 Å². The highest BCUT2D eigenvalue weighted by atomic mass is 32.1. The van der Waals surface area contributed by atoms with Gasteiger partial charge in [0.05, 0.1) is 5.69 Å². The topological polar surface area (TPSA) is 110 Å². The standard InChI is InChI=1S/C11H13N5O3S/c1-6(2)8(11(18)19)13-10(17)9-7(3-4-20-9)16-5-12-14-15-16/h3-6,8H,1-2H3,(H,13,17)(H,18,19)/t8-/m0/s1. The van der Waals surface area contributed by atoms with Gasteiger partial charge in [0.2, 0.25) is 0 Å². The van der Waals surface area contributed by atoms with Gasteiger partial charge in [0.25, 0.3) is 5.91 Å². The molecular weight excluding hydrogens is 282 g/mol. The summed E-state index contributed by atoms with van der Waals surface area (Å²) in [4.78, 5) is 23.7. The van der Waals surface area contributed by atoms with Crippen molar-refractivity contribution in [1.82, 2.24) is 25.5 Å². The number of aliphatic carboxylic acids is 1. The third-order valence-corrected chi connectivity index (χ3v) is 3.57. The van der Waals surface area contributed by atoms with Crippen LogP contribution in [0.3, 0.4) is 0 Å². The fourth-order valence-corrected chi connectivity index (χ4v) is 2.43. The number of nitrogens with zero attached hydrogens (tertiary/aromatic N) is 4. The van der Waals surface area contributed by atoms with Gasteiger partial charge in [-0.3, -0.25) is 4.79 Å². The van der Waals surface area contributed by atoms with E-state index in [9.17, 15) is 9.59 Å². The lowest BCUT2D eigenvalue weighted by Gasteiger charge is -2.17. The van der Waals surface area contributed by atoms with Crippen molar-refractivity contribution in [2.24, 2.45) is 5.92 Å². The van der Waals surface area contributed by atoms with Crippen LogP contribution < -0.4 is 5.32 Å². The van der Waals surface area contributed by atoms with Gasteiger partial charge in [0, 0.05) is 0 Å². The first kappa shape index (κ1) is 14.1. The summed E-state index contributed by atoms with van der Waals surface area (Å²) < 4.78 is 1.36. The number of nitrogens with one attached hydrogen (secondary N) is 1. The van der Waals surface area contributed by atoms with Crippen molar-refractivity contribution in [3.05, 3.63) is 22.7 Å². The molecule has 0 bridgehead atoms. The number of carboxylic acid groups (broad SMARTS) is 1. The Hall–Kier alpha value is -2.29. The lowest BCUT2D eigenvalue weighted by atomic mass is 10.0. The smallest absolute Gasteiger partial charge is 0.326 e. The summed E-state index contributed by atoms with van der Waals surface area (Å²) >= 11 is 1.20. The average Bonchev–Trinajstić information content (AvgIpc) is 3.03. The van der Waals surface area contributed by atoms with Crippen molar-refractivity contribution in [1.29, 1.82) is 0 Å².